The van der Waals surface area contributed by atoms with Gasteiger partial charge in [0, 0.05) is 4.47 Å². The summed E-state index contributed by atoms with van der Waals surface area (Å²) in [7, 11) is -4.12. The molecule has 3 rings (SSSR count). The normalized spacial score (nSPS) is 11.2. The van der Waals surface area contributed by atoms with E-state index in [0.29, 0.717) is 4.47 Å². The molecule has 0 saturated heterocycles. The molecular weight excluding hydrogens is 518 g/mol. The Morgan fingerprint density at radius 1 is 1.00 bits per heavy atom. The summed E-state index contributed by atoms with van der Waals surface area (Å²) >= 11 is 15.1. The Balaban J connectivity index is 1.97. The first-order chi connectivity index (χ1) is 14.2. The molecule has 0 bridgehead atoms. The summed E-state index contributed by atoms with van der Waals surface area (Å²) in [6, 6.07) is 15.9. The zero-order valence-corrected chi connectivity index (χ0v) is 19.1. The van der Waals surface area contributed by atoms with Gasteiger partial charge in [0.2, 0.25) is 5.91 Å². The molecule has 30 heavy (non-hydrogen) atoms. The van der Waals surface area contributed by atoms with Crippen LogP contribution in [-0.2, 0) is 14.8 Å². The van der Waals surface area contributed by atoms with Crippen LogP contribution in [0, 0.1) is 5.82 Å². The Hall–Kier alpha value is -2.13. The average molecular weight is 532 g/mol. The quantitative estimate of drug-likeness (QED) is 0.441. The fraction of sp³-hybridized carbons (Fsp3) is 0.0500. The number of anilines is 2. The van der Waals surface area contributed by atoms with Gasteiger partial charge >= 0.3 is 0 Å². The van der Waals surface area contributed by atoms with Crippen molar-refractivity contribution in [2.75, 3.05) is 16.2 Å². The predicted octanol–water partition coefficient (Wildman–Crippen LogP) is 5.73. The van der Waals surface area contributed by atoms with Crippen molar-refractivity contribution >= 4 is 66.4 Å². The van der Waals surface area contributed by atoms with Crippen molar-refractivity contribution in [1.29, 1.82) is 0 Å². The monoisotopic (exact) mass is 530 g/mol. The highest BCUT2D eigenvalue weighted by Gasteiger charge is 2.28. The van der Waals surface area contributed by atoms with Crippen LogP contribution in [0.3, 0.4) is 0 Å². The first-order valence-corrected chi connectivity index (χ1v) is 11.4. The van der Waals surface area contributed by atoms with E-state index in [2.05, 4.69) is 21.2 Å². The van der Waals surface area contributed by atoms with Gasteiger partial charge in [0.15, 0.2) is 0 Å². The second-order valence-corrected chi connectivity index (χ2v) is 9.69. The minimum Gasteiger partial charge on any atom is -0.322 e. The summed E-state index contributed by atoms with van der Waals surface area (Å²) in [6.45, 7) is -0.606. The first-order valence-electron chi connectivity index (χ1n) is 8.46. The van der Waals surface area contributed by atoms with E-state index in [4.69, 9.17) is 23.2 Å². The van der Waals surface area contributed by atoms with Crippen LogP contribution in [0.2, 0.25) is 10.0 Å². The van der Waals surface area contributed by atoms with Crippen LogP contribution in [0.15, 0.2) is 76.1 Å². The van der Waals surface area contributed by atoms with Gasteiger partial charge in [0.05, 0.1) is 26.3 Å². The number of rotatable bonds is 6. The highest BCUT2D eigenvalue weighted by atomic mass is 79.9. The Kier molecular flexibility index (Phi) is 7.02. The summed E-state index contributed by atoms with van der Waals surface area (Å²) in [6.07, 6.45) is 0. The lowest BCUT2D eigenvalue weighted by molar-refractivity contribution is -0.114. The van der Waals surface area contributed by atoms with Crippen molar-refractivity contribution in [3.8, 4) is 0 Å². The van der Waals surface area contributed by atoms with Gasteiger partial charge in [-0.1, -0.05) is 57.3 Å². The molecule has 0 atom stereocenters. The molecule has 0 spiro atoms. The van der Waals surface area contributed by atoms with Crippen molar-refractivity contribution in [3.63, 3.8) is 0 Å². The Labute approximate surface area is 191 Å². The molecule has 0 aromatic heterocycles. The molecule has 0 fully saturated rings. The van der Waals surface area contributed by atoms with Crippen LogP contribution in [0.1, 0.15) is 0 Å². The van der Waals surface area contributed by atoms with Crippen molar-refractivity contribution in [2.45, 2.75) is 4.90 Å². The fourth-order valence-electron chi connectivity index (χ4n) is 2.59. The predicted molar refractivity (Wildman–Crippen MR) is 120 cm³/mol. The maximum atomic E-state index is 14.1. The highest BCUT2D eigenvalue weighted by Crippen LogP contribution is 2.30. The van der Waals surface area contributed by atoms with E-state index in [0.717, 1.165) is 4.31 Å². The van der Waals surface area contributed by atoms with Crippen LogP contribution in [0.4, 0.5) is 15.8 Å². The number of amides is 1. The van der Waals surface area contributed by atoms with Gasteiger partial charge in [0.25, 0.3) is 10.0 Å². The number of nitrogens with zero attached hydrogens (tertiary/aromatic N) is 1. The molecule has 0 heterocycles. The minimum atomic E-state index is -4.12. The van der Waals surface area contributed by atoms with Crippen LogP contribution in [0.25, 0.3) is 0 Å². The van der Waals surface area contributed by atoms with E-state index < -0.39 is 28.3 Å². The molecule has 0 aliphatic heterocycles. The van der Waals surface area contributed by atoms with E-state index in [1.165, 1.54) is 42.5 Å². The molecule has 10 heteroatoms. The van der Waals surface area contributed by atoms with E-state index in [9.17, 15) is 17.6 Å². The maximum Gasteiger partial charge on any atom is 0.264 e. The number of carbonyl (C=O) groups excluding carboxylic acids is 1. The summed E-state index contributed by atoms with van der Waals surface area (Å²) in [5.41, 5.74) is 0.0640. The molecule has 156 valence electrons. The average Bonchev–Trinajstić information content (AvgIpc) is 2.71. The van der Waals surface area contributed by atoms with Gasteiger partial charge < -0.3 is 5.32 Å². The fourth-order valence-corrected chi connectivity index (χ4v) is 4.65. The maximum absolute atomic E-state index is 14.1. The zero-order valence-electron chi connectivity index (χ0n) is 15.2. The Morgan fingerprint density at radius 3 is 2.33 bits per heavy atom. The Morgan fingerprint density at radius 2 is 1.70 bits per heavy atom. The van der Waals surface area contributed by atoms with Gasteiger partial charge in [-0.05, 0) is 48.5 Å². The van der Waals surface area contributed by atoms with Gasteiger partial charge in [-0.25, -0.2) is 12.8 Å². The molecule has 1 N–H and O–H groups in total. The van der Waals surface area contributed by atoms with Crippen molar-refractivity contribution in [1.82, 2.24) is 0 Å². The van der Waals surface area contributed by atoms with Crippen molar-refractivity contribution in [2.24, 2.45) is 0 Å². The van der Waals surface area contributed by atoms with Crippen LogP contribution < -0.4 is 9.62 Å². The largest absolute Gasteiger partial charge is 0.322 e. The third kappa shape index (κ3) is 5.13. The Bertz CT molecular complexity index is 1190. The standard InChI is InChI=1S/C20H14BrCl2FN2O3S/c21-13-6-9-19(18(24)10-13)25-20(27)12-26(14-7-8-16(22)17(23)11-14)30(28,29)15-4-2-1-3-5-15/h1-11H,12H2,(H,25,27). The molecule has 5 nitrogen and oxygen atoms in total. The number of halogens is 4. The summed E-state index contributed by atoms with van der Waals surface area (Å²) in [5.74, 6) is -1.40. The van der Waals surface area contributed by atoms with E-state index >= 15 is 0 Å². The second kappa shape index (κ2) is 9.34. The lowest BCUT2D eigenvalue weighted by Crippen LogP contribution is -2.38. The van der Waals surface area contributed by atoms with Gasteiger partial charge in [-0.15, -0.1) is 0 Å². The molecule has 0 unspecified atom stereocenters. The molecule has 0 aliphatic rings. The van der Waals surface area contributed by atoms with Crippen LogP contribution in [-0.4, -0.2) is 20.9 Å². The number of sulfonamides is 1. The van der Waals surface area contributed by atoms with Crippen LogP contribution >= 0.6 is 39.1 Å². The molecule has 1 amide bonds. The number of nitrogens with one attached hydrogen (secondary N) is 1. The van der Waals surface area contributed by atoms with Crippen LogP contribution in [0.5, 0.6) is 0 Å². The zero-order chi connectivity index (χ0) is 21.9. The van der Waals surface area contributed by atoms with Gasteiger partial charge in [-0.2, -0.15) is 0 Å². The number of benzene rings is 3. The van der Waals surface area contributed by atoms with E-state index in [1.807, 2.05) is 0 Å². The lowest BCUT2D eigenvalue weighted by atomic mass is 10.3. The summed E-state index contributed by atoms with van der Waals surface area (Å²) < 4.78 is 41.9. The lowest BCUT2D eigenvalue weighted by Gasteiger charge is -2.24. The summed E-state index contributed by atoms with van der Waals surface area (Å²) in [5, 5.41) is 2.75. The van der Waals surface area contributed by atoms with Crippen molar-refractivity contribution < 1.29 is 17.6 Å². The first kappa shape index (κ1) is 22.6. The second-order valence-electron chi connectivity index (χ2n) is 6.10. The van der Waals surface area contributed by atoms with Gasteiger partial charge in [-0.3, -0.25) is 9.10 Å². The number of carbonyl (C=O) groups is 1. The van der Waals surface area contributed by atoms with E-state index in [-0.39, 0.29) is 26.3 Å². The molecule has 0 radical (unpaired) electrons. The topological polar surface area (TPSA) is 66.5 Å². The van der Waals surface area contributed by atoms with E-state index in [1.54, 1.807) is 24.3 Å². The van der Waals surface area contributed by atoms with Crippen molar-refractivity contribution in [3.05, 3.63) is 87.1 Å². The number of hydrogen-bond acceptors (Lipinski definition) is 3. The highest BCUT2D eigenvalue weighted by molar-refractivity contribution is 9.10. The SMILES string of the molecule is O=C(CN(c1ccc(Cl)c(Cl)c1)S(=O)(=O)c1ccccc1)Nc1ccc(Br)cc1F. The third-order valence-corrected chi connectivity index (χ3v) is 7.04. The smallest absolute Gasteiger partial charge is 0.264 e. The minimum absolute atomic E-state index is 0.0151. The molecule has 3 aromatic carbocycles. The third-order valence-electron chi connectivity index (χ3n) is 4.01. The molecular formula is C20H14BrCl2FN2O3S. The summed E-state index contributed by atoms with van der Waals surface area (Å²) in [4.78, 5) is 12.6. The molecule has 3 aromatic rings. The van der Waals surface area contributed by atoms with Gasteiger partial charge in [0.1, 0.15) is 12.4 Å². The molecule has 0 aliphatic carbocycles. The number of hydrogen-bond donors (Lipinski definition) is 1. The molecule has 0 saturated carbocycles.